The van der Waals surface area contributed by atoms with Gasteiger partial charge in [-0.05, 0) is 43.3 Å². The molecular formula is C18H20N4O3S. The van der Waals surface area contributed by atoms with Crippen molar-refractivity contribution in [2.24, 2.45) is 0 Å². The van der Waals surface area contributed by atoms with Crippen LogP contribution in [0.5, 0.6) is 0 Å². The van der Waals surface area contributed by atoms with Crippen LogP contribution in [0.1, 0.15) is 21.7 Å². The molecule has 1 aromatic carbocycles. The quantitative estimate of drug-likeness (QED) is 0.740. The number of amides is 1. The van der Waals surface area contributed by atoms with E-state index in [2.05, 4.69) is 10.3 Å². The number of aromatic nitrogens is 2. The van der Waals surface area contributed by atoms with Crippen LogP contribution in [0.4, 0.5) is 0 Å². The van der Waals surface area contributed by atoms with Crippen molar-refractivity contribution in [3.05, 3.63) is 65.6 Å². The maximum atomic E-state index is 12.4. The molecule has 0 bridgehead atoms. The van der Waals surface area contributed by atoms with Crippen molar-refractivity contribution >= 4 is 21.6 Å². The minimum Gasteiger partial charge on any atom is -0.346 e. The molecule has 0 atom stereocenters. The molecule has 26 heavy (non-hydrogen) atoms. The van der Waals surface area contributed by atoms with E-state index in [0.29, 0.717) is 12.1 Å². The number of rotatable bonds is 5. The highest BCUT2D eigenvalue weighted by Crippen LogP contribution is 2.15. The lowest BCUT2D eigenvalue weighted by atomic mass is 10.2. The van der Waals surface area contributed by atoms with E-state index >= 15 is 0 Å². The van der Waals surface area contributed by atoms with Crippen LogP contribution in [0.3, 0.4) is 0 Å². The number of nitrogens with zero attached hydrogens (tertiary/aromatic N) is 3. The molecular weight excluding hydrogens is 352 g/mol. The number of fused-ring (bicyclic) bond motifs is 1. The summed E-state index contributed by atoms with van der Waals surface area (Å²) in [6.07, 6.45) is 1.90. The lowest BCUT2D eigenvalue weighted by Gasteiger charge is -2.11. The van der Waals surface area contributed by atoms with Crippen LogP contribution in [-0.4, -0.2) is 42.1 Å². The van der Waals surface area contributed by atoms with E-state index in [0.717, 1.165) is 21.3 Å². The van der Waals surface area contributed by atoms with E-state index in [1.54, 1.807) is 0 Å². The maximum absolute atomic E-state index is 12.4. The van der Waals surface area contributed by atoms with Crippen molar-refractivity contribution in [3.63, 3.8) is 0 Å². The molecule has 0 unspecified atom stereocenters. The fraction of sp³-hybridized carbons (Fsp3) is 0.222. The van der Waals surface area contributed by atoms with Gasteiger partial charge in [0.05, 0.1) is 22.8 Å². The van der Waals surface area contributed by atoms with Gasteiger partial charge in [-0.2, -0.15) is 0 Å². The molecule has 0 aliphatic rings. The number of carbonyl (C=O) groups is 1. The van der Waals surface area contributed by atoms with E-state index in [-0.39, 0.29) is 10.8 Å². The number of nitrogens with one attached hydrogen (secondary N) is 1. The van der Waals surface area contributed by atoms with Crippen LogP contribution in [0.15, 0.2) is 53.6 Å². The molecule has 136 valence electrons. The van der Waals surface area contributed by atoms with Crippen molar-refractivity contribution in [1.82, 2.24) is 19.0 Å². The zero-order valence-corrected chi connectivity index (χ0v) is 15.6. The van der Waals surface area contributed by atoms with Crippen molar-refractivity contribution in [1.29, 1.82) is 0 Å². The first-order valence-electron chi connectivity index (χ1n) is 8.04. The molecule has 0 aliphatic heterocycles. The zero-order chi connectivity index (χ0) is 18.9. The molecule has 1 N–H and O–H groups in total. The van der Waals surface area contributed by atoms with Gasteiger partial charge < -0.3 is 9.72 Å². The Kier molecular flexibility index (Phi) is 4.80. The van der Waals surface area contributed by atoms with Crippen molar-refractivity contribution < 1.29 is 13.2 Å². The van der Waals surface area contributed by atoms with Crippen LogP contribution in [0.2, 0.25) is 0 Å². The Labute approximate surface area is 152 Å². The fourth-order valence-electron chi connectivity index (χ4n) is 2.63. The van der Waals surface area contributed by atoms with Crippen LogP contribution in [0, 0.1) is 6.92 Å². The number of benzene rings is 1. The Morgan fingerprint density at radius 3 is 2.50 bits per heavy atom. The number of hydrogen-bond donors (Lipinski definition) is 1. The molecule has 8 heteroatoms. The highest BCUT2D eigenvalue weighted by molar-refractivity contribution is 7.89. The summed E-state index contributed by atoms with van der Waals surface area (Å²) in [5.74, 6) is -0.274. The van der Waals surface area contributed by atoms with Crippen LogP contribution in [0.25, 0.3) is 5.65 Å². The third kappa shape index (κ3) is 3.33. The van der Waals surface area contributed by atoms with E-state index in [1.807, 2.05) is 35.7 Å². The summed E-state index contributed by atoms with van der Waals surface area (Å²) in [7, 11) is -0.574. The summed E-state index contributed by atoms with van der Waals surface area (Å²) in [6, 6.07) is 11.6. The minimum absolute atomic E-state index is 0.150. The number of carbonyl (C=O) groups excluding carboxylic acids is 1. The molecule has 3 aromatic rings. The Bertz CT molecular complexity index is 1050. The number of pyridine rings is 1. The Hall–Kier alpha value is -2.71. The molecule has 1 amide bonds. The lowest BCUT2D eigenvalue weighted by molar-refractivity contribution is 0.0950. The summed E-state index contributed by atoms with van der Waals surface area (Å²) in [5, 5.41) is 2.86. The van der Waals surface area contributed by atoms with E-state index in [9.17, 15) is 13.2 Å². The average Bonchev–Trinajstić information content (AvgIpc) is 2.94. The SMILES string of the molecule is Cc1nc2ccccn2c1CNC(=O)c1ccc(S(=O)(=O)N(C)C)cc1. The van der Waals surface area contributed by atoms with Gasteiger partial charge in [0, 0.05) is 25.9 Å². The van der Waals surface area contributed by atoms with Gasteiger partial charge in [0.15, 0.2) is 0 Å². The van der Waals surface area contributed by atoms with Crippen molar-refractivity contribution in [3.8, 4) is 0 Å². The smallest absolute Gasteiger partial charge is 0.251 e. The fourth-order valence-corrected chi connectivity index (χ4v) is 3.53. The van der Waals surface area contributed by atoms with E-state index in [4.69, 9.17) is 0 Å². The molecule has 2 aromatic heterocycles. The third-order valence-electron chi connectivity index (χ3n) is 4.14. The largest absolute Gasteiger partial charge is 0.346 e. The summed E-state index contributed by atoms with van der Waals surface area (Å²) in [4.78, 5) is 17.0. The van der Waals surface area contributed by atoms with Crippen LogP contribution in [-0.2, 0) is 16.6 Å². The zero-order valence-electron chi connectivity index (χ0n) is 14.8. The second-order valence-electron chi connectivity index (χ2n) is 6.07. The molecule has 3 rings (SSSR count). The summed E-state index contributed by atoms with van der Waals surface area (Å²) >= 11 is 0. The molecule has 0 aliphatic carbocycles. The van der Waals surface area contributed by atoms with Gasteiger partial charge in [-0.15, -0.1) is 0 Å². The predicted octanol–water partition coefficient (Wildman–Crippen LogP) is 1.82. The highest BCUT2D eigenvalue weighted by Gasteiger charge is 2.17. The van der Waals surface area contributed by atoms with Gasteiger partial charge in [-0.1, -0.05) is 6.07 Å². The van der Waals surface area contributed by atoms with Gasteiger partial charge in [-0.3, -0.25) is 4.79 Å². The molecule has 7 nitrogen and oxygen atoms in total. The molecule has 0 saturated carbocycles. The van der Waals surface area contributed by atoms with E-state index < -0.39 is 10.0 Å². The molecule has 0 fully saturated rings. The average molecular weight is 372 g/mol. The van der Waals surface area contributed by atoms with Crippen LogP contribution >= 0.6 is 0 Å². The van der Waals surface area contributed by atoms with E-state index in [1.165, 1.54) is 38.4 Å². The summed E-state index contributed by atoms with van der Waals surface area (Å²) < 4.78 is 27.2. The van der Waals surface area contributed by atoms with Gasteiger partial charge in [0.25, 0.3) is 5.91 Å². The van der Waals surface area contributed by atoms with Gasteiger partial charge >= 0.3 is 0 Å². The molecule has 0 radical (unpaired) electrons. The second kappa shape index (κ2) is 6.89. The summed E-state index contributed by atoms with van der Waals surface area (Å²) in [5.41, 5.74) is 2.98. The molecule has 2 heterocycles. The Morgan fingerprint density at radius 1 is 1.15 bits per heavy atom. The number of imidazole rings is 1. The van der Waals surface area contributed by atoms with Gasteiger partial charge in [-0.25, -0.2) is 17.7 Å². The van der Waals surface area contributed by atoms with Gasteiger partial charge in [0.2, 0.25) is 10.0 Å². The monoisotopic (exact) mass is 372 g/mol. The predicted molar refractivity (Wildman–Crippen MR) is 98.4 cm³/mol. The molecule has 0 saturated heterocycles. The highest BCUT2D eigenvalue weighted by atomic mass is 32.2. The van der Waals surface area contributed by atoms with Crippen molar-refractivity contribution in [2.75, 3.05) is 14.1 Å². The Morgan fingerprint density at radius 2 is 1.85 bits per heavy atom. The topological polar surface area (TPSA) is 83.8 Å². The van der Waals surface area contributed by atoms with Crippen molar-refractivity contribution in [2.45, 2.75) is 18.4 Å². The lowest BCUT2D eigenvalue weighted by Crippen LogP contribution is -2.24. The standard InChI is InChI=1S/C18H20N4O3S/c1-13-16(22-11-5-4-6-17(22)20-13)12-19-18(23)14-7-9-15(10-8-14)26(24,25)21(2)3/h4-11H,12H2,1-3H3,(H,19,23). The number of sulfonamides is 1. The van der Waals surface area contributed by atoms with Crippen LogP contribution < -0.4 is 5.32 Å². The van der Waals surface area contributed by atoms with Gasteiger partial charge in [0.1, 0.15) is 5.65 Å². The summed E-state index contributed by atoms with van der Waals surface area (Å²) in [6.45, 7) is 2.23. The first-order chi connectivity index (χ1) is 12.3. The first kappa shape index (κ1) is 18.1. The second-order valence-corrected chi connectivity index (χ2v) is 8.22. The normalized spacial score (nSPS) is 11.8. The minimum atomic E-state index is -3.51. The number of aryl methyl sites for hydroxylation is 1. The third-order valence-corrected chi connectivity index (χ3v) is 5.97. The molecule has 0 spiro atoms. The maximum Gasteiger partial charge on any atom is 0.251 e. The first-order valence-corrected chi connectivity index (χ1v) is 9.48. The Balaban J connectivity index is 1.75. The number of hydrogen-bond acceptors (Lipinski definition) is 4.